The molecule has 5 heteroatoms. The third-order valence-corrected chi connectivity index (χ3v) is 2.91. The maximum absolute atomic E-state index is 12.5. The molecule has 0 aliphatic rings. The summed E-state index contributed by atoms with van der Waals surface area (Å²) < 4.78 is 38.4. The molecule has 0 aliphatic heterocycles. The highest BCUT2D eigenvalue weighted by Gasteiger charge is 2.33. The summed E-state index contributed by atoms with van der Waals surface area (Å²) in [4.78, 5) is -0.297. The van der Waals surface area contributed by atoms with Gasteiger partial charge in [-0.05, 0) is 53.3 Å². The van der Waals surface area contributed by atoms with Crippen LogP contribution in [-0.2, 0) is 6.18 Å². The van der Waals surface area contributed by atoms with E-state index >= 15 is 0 Å². The molecule has 78 valence electrons. The van der Waals surface area contributed by atoms with E-state index in [0.717, 1.165) is 9.64 Å². The van der Waals surface area contributed by atoms with E-state index in [-0.39, 0.29) is 10.4 Å². The second kappa shape index (κ2) is 4.38. The van der Waals surface area contributed by atoms with Gasteiger partial charge in [0.1, 0.15) is 0 Å². The van der Waals surface area contributed by atoms with Gasteiger partial charge >= 0.3 is 6.18 Å². The van der Waals surface area contributed by atoms with E-state index in [4.69, 9.17) is 0 Å². The zero-order valence-electron chi connectivity index (χ0n) is 7.20. The van der Waals surface area contributed by atoms with E-state index in [1.54, 1.807) is 13.0 Å². The van der Waals surface area contributed by atoms with Gasteiger partial charge in [-0.15, -0.1) is 0 Å². The van der Waals surface area contributed by atoms with E-state index in [1.807, 2.05) is 22.6 Å². The van der Waals surface area contributed by atoms with Crippen molar-refractivity contribution in [2.24, 2.45) is 0 Å². The Bertz CT molecular complexity index is 333. The first-order valence-corrected chi connectivity index (χ1v) is 5.82. The fourth-order valence-corrected chi connectivity index (χ4v) is 2.01. The van der Waals surface area contributed by atoms with Crippen molar-refractivity contribution in [1.29, 1.82) is 0 Å². The van der Waals surface area contributed by atoms with Gasteiger partial charge in [0.15, 0.2) is 0 Å². The summed E-state index contributed by atoms with van der Waals surface area (Å²) in [6, 6.07) is 4.12. The van der Waals surface area contributed by atoms with Crippen molar-refractivity contribution >= 4 is 38.5 Å². The third-order valence-electron chi connectivity index (χ3n) is 1.75. The predicted octanol–water partition coefficient (Wildman–Crippen LogP) is 4.77. The lowest BCUT2D eigenvalue weighted by molar-refractivity contribution is -0.138. The Balaban J connectivity index is 3.29. The predicted molar refractivity (Wildman–Crippen MR) is 61.5 cm³/mol. The van der Waals surface area contributed by atoms with Crippen molar-refractivity contribution in [3.63, 3.8) is 0 Å². The average molecular weight is 379 g/mol. The van der Waals surface area contributed by atoms with Gasteiger partial charge in [0.05, 0.1) is 5.56 Å². The summed E-state index contributed by atoms with van der Waals surface area (Å²) in [5, 5.41) is 0. The van der Waals surface area contributed by atoms with Gasteiger partial charge in [-0.25, -0.2) is 0 Å². The number of hydrogen-bond acceptors (Lipinski definition) is 0. The highest BCUT2D eigenvalue weighted by molar-refractivity contribution is 14.1. The molecule has 0 aliphatic carbocycles. The van der Waals surface area contributed by atoms with Crippen LogP contribution in [0.15, 0.2) is 18.2 Å². The van der Waals surface area contributed by atoms with Crippen LogP contribution < -0.4 is 0 Å². The maximum atomic E-state index is 12.5. The Labute approximate surface area is 102 Å². The Morgan fingerprint density at radius 2 is 1.93 bits per heavy atom. The molecule has 0 fully saturated rings. The fourth-order valence-electron chi connectivity index (χ4n) is 1.12. The molecule has 0 amide bonds. The van der Waals surface area contributed by atoms with Crippen LogP contribution in [0.1, 0.15) is 22.9 Å². The van der Waals surface area contributed by atoms with Crippen molar-refractivity contribution in [3.8, 4) is 0 Å². The molecule has 1 rings (SSSR count). The van der Waals surface area contributed by atoms with Gasteiger partial charge in [-0.3, -0.25) is 0 Å². The lowest BCUT2D eigenvalue weighted by Crippen LogP contribution is -2.09. The van der Waals surface area contributed by atoms with Gasteiger partial charge in [-0.2, -0.15) is 13.2 Å². The smallest absolute Gasteiger partial charge is 0.166 e. The van der Waals surface area contributed by atoms with Crippen LogP contribution in [0.25, 0.3) is 0 Å². The van der Waals surface area contributed by atoms with E-state index in [2.05, 4.69) is 15.9 Å². The summed E-state index contributed by atoms with van der Waals surface area (Å²) in [7, 11) is 0. The Hall–Kier alpha value is 0.220. The molecule has 0 saturated heterocycles. The van der Waals surface area contributed by atoms with E-state index in [1.165, 1.54) is 6.07 Å². The SMILES string of the molecule is CC(Br)c1cc(I)ccc1C(F)(F)F. The number of hydrogen-bond donors (Lipinski definition) is 0. The summed E-state index contributed by atoms with van der Waals surface area (Å²) in [5.74, 6) is 0. The van der Waals surface area contributed by atoms with Crippen LogP contribution in [-0.4, -0.2) is 0 Å². The van der Waals surface area contributed by atoms with E-state index in [9.17, 15) is 13.2 Å². The van der Waals surface area contributed by atoms with Gasteiger partial charge < -0.3 is 0 Å². The maximum Gasteiger partial charge on any atom is 0.416 e. The van der Waals surface area contributed by atoms with Crippen molar-refractivity contribution in [1.82, 2.24) is 0 Å². The molecule has 0 N–H and O–H groups in total. The van der Waals surface area contributed by atoms with Crippen LogP contribution in [0.2, 0.25) is 0 Å². The molecule has 1 unspecified atom stereocenters. The highest BCUT2D eigenvalue weighted by atomic mass is 127. The van der Waals surface area contributed by atoms with Crippen molar-refractivity contribution in [3.05, 3.63) is 32.9 Å². The molecule has 1 aromatic rings. The third kappa shape index (κ3) is 2.85. The first kappa shape index (κ1) is 12.3. The Morgan fingerprint density at radius 3 is 2.36 bits per heavy atom. The largest absolute Gasteiger partial charge is 0.416 e. The first-order valence-electron chi connectivity index (χ1n) is 3.83. The lowest BCUT2D eigenvalue weighted by atomic mass is 10.1. The molecule has 0 heterocycles. The first-order chi connectivity index (χ1) is 6.32. The minimum absolute atomic E-state index is 0.282. The number of alkyl halides is 4. The number of benzene rings is 1. The molecule has 0 bridgehead atoms. The van der Waals surface area contributed by atoms with Gasteiger partial charge in [-0.1, -0.05) is 15.9 Å². The lowest BCUT2D eigenvalue weighted by Gasteiger charge is -2.14. The molecule has 0 nitrogen and oxygen atoms in total. The minimum Gasteiger partial charge on any atom is -0.166 e. The van der Waals surface area contributed by atoms with Crippen LogP contribution in [0, 0.1) is 3.57 Å². The summed E-state index contributed by atoms with van der Waals surface area (Å²) in [6.45, 7) is 1.68. The molecular formula is C9H7BrF3I. The molecule has 1 atom stereocenters. The topological polar surface area (TPSA) is 0 Å². The summed E-state index contributed by atoms with van der Waals surface area (Å²) in [6.07, 6.45) is -4.28. The monoisotopic (exact) mass is 378 g/mol. The molecule has 14 heavy (non-hydrogen) atoms. The normalized spacial score (nSPS) is 14.1. The van der Waals surface area contributed by atoms with E-state index < -0.39 is 11.7 Å². The number of rotatable bonds is 1. The van der Waals surface area contributed by atoms with Crippen molar-refractivity contribution < 1.29 is 13.2 Å². The van der Waals surface area contributed by atoms with Gasteiger partial charge in [0.2, 0.25) is 0 Å². The quantitative estimate of drug-likeness (QED) is 0.488. The molecule has 0 saturated carbocycles. The van der Waals surface area contributed by atoms with Gasteiger partial charge in [0, 0.05) is 8.40 Å². The second-order valence-electron chi connectivity index (χ2n) is 2.85. The fraction of sp³-hybridized carbons (Fsp3) is 0.333. The summed E-state index contributed by atoms with van der Waals surface area (Å²) in [5.41, 5.74) is -0.285. The molecule has 1 aromatic carbocycles. The van der Waals surface area contributed by atoms with E-state index in [0.29, 0.717) is 0 Å². The van der Waals surface area contributed by atoms with Crippen LogP contribution >= 0.6 is 38.5 Å². The van der Waals surface area contributed by atoms with Crippen molar-refractivity contribution in [2.75, 3.05) is 0 Å². The van der Waals surface area contributed by atoms with Crippen LogP contribution in [0.5, 0.6) is 0 Å². The standard InChI is InChI=1S/C9H7BrF3I/c1-5(10)7-4-6(14)2-3-8(7)9(11,12)13/h2-5H,1H3. The van der Waals surface area contributed by atoms with Gasteiger partial charge in [0.25, 0.3) is 0 Å². The minimum atomic E-state index is -4.28. The number of halogens is 5. The zero-order valence-corrected chi connectivity index (χ0v) is 10.9. The molecule has 0 radical (unpaired) electrons. The van der Waals surface area contributed by atoms with Crippen LogP contribution in [0.3, 0.4) is 0 Å². The highest BCUT2D eigenvalue weighted by Crippen LogP contribution is 2.37. The van der Waals surface area contributed by atoms with Crippen molar-refractivity contribution in [2.45, 2.75) is 17.9 Å². The molecule has 0 spiro atoms. The van der Waals surface area contributed by atoms with Crippen LogP contribution in [0.4, 0.5) is 13.2 Å². The summed E-state index contributed by atoms with van der Waals surface area (Å²) >= 11 is 5.15. The second-order valence-corrected chi connectivity index (χ2v) is 5.46. The Kier molecular flexibility index (Phi) is 3.85. The molecular weight excluding hydrogens is 372 g/mol. The average Bonchev–Trinajstić information content (AvgIpc) is 2.01. The zero-order chi connectivity index (χ0) is 10.9. The Morgan fingerprint density at radius 1 is 1.36 bits per heavy atom. The molecule has 0 aromatic heterocycles.